The monoisotopic (exact) mass is 945 g/mol. The van der Waals surface area contributed by atoms with Crippen LogP contribution in [-0.2, 0) is 0 Å². The molecule has 66 heavy (non-hydrogen) atoms. The summed E-state index contributed by atoms with van der Waals surface area (Å²) < 4.78 is 213. The highest BCUT2D eigenvalue weighted by atomic mass is 31.2. The molecule has 0 atom stereocenters. The first-order valence-corrected chi connectivity index (χ1v) is 21.0. The molecule has 0 heterocycles. The lowest BCUT2D eigenvalue weighted by atomic mass is 9.36. The number of benzene rings is 8. The van der Waals surface area contributed by atoms with Gasteiger partial charge in [0, 0.05) is 28.0 Å². The second-order valence-electron chi connectivity index (χ2n) is 14.0. The van der Waals surface area contributed by atoms with Crippen LogP contribution in [0.25, 0.3) is 0 Å². The Labute approximate surface area is 366 Å². The molecule has 0 aliphatic carbocycles. The van der Waals surface area contributed by atoms with Crippen LogP contribution in [0.15, 0.2) is 158 Å². The van der Waals surface area contributed by atoms with Crippen LogP contribution in [0.1, 0.15) is 0 Å². The van der Waals surface area contributed by atoms with Gasteiger partial charge in [0.15, 0.2) is 65.1 Å². The molecule has 0 amide bonds. The van der Waals surface area contributed by atoms with Crippen LogP contribution < -0.4 is 37.0 Å². The maximum atomic E-state index is 14.4. The fourth-order valence-corrected chi connectivity index (χ4v) is 10.8. The predicted molar refractivity (Wildman–Crippen MR) is 223 cm³/mol. The Hall–Kier alpha value is -7.00. The third kappa shape index (κ3) is 9.39. The Morgan fingerprint density at radius 2 is 0.424 bits per heavy atom. The van der Waals surface area contributed by atoms with Crippen molar-refractivity contribution in [1.82, 2.24) is 0 Å². The molecule has 8 rings (SSSR count). The Bertz CT molecular complexity index is 2660. The summed E-state index contributed by atoms with van der Waals surface area (Å²) in [4.78, 5) is 0. The fourth-order valence-electron chi connectivity index (χ4n) is 7.10. The number of hydrogen-bond donors (Lipinski definition) is 1. The summed E-state index contributed by atoms with van der Waals surface area (Å²) in [6.45, 7) is -5.16. The molecule has 0 saturated carbocycles. The number of nitrogens with one attached hydrogen (secondary N) is 1. The predicted octanol–water partition coefficient (Wildman–Crippen LogP) is 9.28. The molecule has 0 radical (unpaired) electrons. The van der Waals surface area contributed by atoms with Crippen LogP contribution in [0.4, 0.5) is 71.5 Å². The summed E-state index contributed by atoms with van der Waals surface area (Å²) in [5.74, 6) is -44.8. The molecule has 8 aromatic carbocycles. The van der Waals surface area contributed by atoms with Gasteiger partial charge in [0.25, 0.3) is 0 Å². The second kappa shape index (κ2) is 20.9. The largest absolute Gasteiger partial charge is 0.224 e. The van der Waals surface area contributed by atoms with Gasteiger partial charge in [-0.05, 0) is 36.4 Å². The summed E-state index contributed by atoms with van der Waals surface area (Å²) in [6.07, 6.45) is 0. The van der Waals surface area contributed by atoms with Gasteiger partial charge in [0.2, 0.25) is 0 Å². The Morgan fingerprint density at radius 3 is 0.652 bits per heavy atom. The lowest BCUT2D eigenvalue weighted by Crippen LogP contribution is -2.65. The van der Waals surface area contributed by atoms with Crippen LogP contribution in [0.3, 0.4) is 0 Å². The molecule has 0 aliphatic heterocycles. The maximum Gasteiger partial charge on any atom is 0.200 e. The smallest absolute Gasteiger partial charge is 0.200 e. The van der Waals surface area contributed by atoms with Crippen molar-refractivity contribution in [2.75, 3.05) is 0 Å². The van der Waals surface area contributed by atoms with E-state index in [0.717, 1.165) is 5.69 Å². The molecule has 0 bridgehead atoms. The molecular weight excluding hydrogens is 917 g/mol. The fraction of sp³-hybridized carbons (Fsp3) is 0. The average Bonchev–Trinajstić information content (AvgIpc) is 3.36. The van der Waals surface area contributed by atoms with Crippen LogP contribution >= 0.6 is 7.05 Å². The lowest BCUT2D eigenvalue weighted by molar-refractivity contribution is -0.326. The summed E-state index contributed by atoms with van der Waals surface area (Å²) in [7, 11) is -2.03. The van der Waals surface area contributed by atoms with Gasteiger partial charge in [0.05, 0.1) is 6.71 Å². The van der Waals surface area contributed by atoms with Crippen LogP contribution in [0.5, 0.6) is 0 Å². The minimum absolute atomic E-state index is 1.14. The van der Waals surface area contributed by atoms with Crippen molar-refractivity contribution in [2.45, 2.75) is 0 Å². The van der Waals surface area contributed by atoms with Crippen molar-refractivity contribution in [3.05, 3.63) is 245 Å². The van der Waals surface area contributed by atoms with Gasteiger partial charge in [-0.25, -0.2) is 70.6 Å². The maximum absolute atomic E-state index is 14.4. The van der Waals surface area contributed by atoms with Crippen molar-refractivity contribution in [3.63, 3.8) is 0 Å². The highest BCUT2D eigenvalue weighted by Crippen LogP contribution is 2.39. The van der Waals surface area contributed by atoms with E-state index in [1.54, 1.807) is 0 Å². The van der Waals surface area contributed by atoms with E-state index in [9.17, 15) is 65.9 Å². The Kier molecular flexibility index (Phi) is 15.3. The first kappa shape index (κ1) is 48.5. The van der Waals surface area contributed by atoms with Crippen molar-refractivity contribution < 1.29 is 70.6 Å². The van der Waals surface area contributed by atoms with Gasteiger partial charge >= 0.3 is 0 Å². The van der Waals surface area contributed by atoms with Gasteiger partial charge in [-0.2, -0.15) is 0 Å². The van der Waals surface area contributed by atoms with E-state index in [-0.39, 0.29) is 0 Å². The number of hydrogen-bond acceptors (Lipinski definition) is 0. The van der Waals surface area contributed by atoms with E-state index in [1.165, 1.54) is 15.9 Å². The summed E-state index contributed by atoms with van der Waals surface area (Å²) >= 11 is 0. The molecule has 18 heteroatoms. The SMILES string of the molecule is Fc1c(F)c(F)c([BH-](c2c(F)c(F)c(F)c(F)c2F)c2c(F)c(F)c(F)c(F)c2F)c(F)c1F.c1ccc([NH+]=P(c2ccccc2)(c2ccccc2)c2ccccc2)cc1.c1ccccc1. The van der Waals surface area contributed by atoms with Gasteiger partial charge < -0.3 is 0 Å². The molecular formula is C48H28BF15NP. The van der Waals surface area contributed by atoms with E-state index in [2.05, 4.69) is 126 Å². The van der Waals surface area contributed by atoms with E-state index in [4.69, 9.17) is 0 Å². The molecule has 0 aliphatic rings. The Morgan fingerprint density at radius 1 is 0.242 bits per heavy atom. The van der Waals surface area contributed by atoms with Crippen LogP contribution in [0.2, 0.25) is 0 Å². The van der Waals surface area contributed by atoms with Crippen LogP contribution in [-0.4, -0.2) is 6.71 Å². The van der Waals surface area contributed by atoms with Crippen molar-refractivity contribution in [1.29, 1.82) is 0 Å². The molecule has 0 fully saturated rings. The van der Waals surface area contributed by atoms with Crippen molar-refractivity contribution in [2.24, 2.45) is 0 Å². The third-order valence-corrected chi connectivity index (χ3v) is 13.9. The quantitative estimate of drug-likeness (QED) is 0.0539. The van der Waals surface area contributed by atoms with Crippen molar-refractivity contribution >= 4 is 51.8 Å². The van der Waals surface area contributed by atoms with Crippen molar-refractivity contribution in [3.8, 4) is 0 Å². The normalized spacial score (nSPS) is 11.1. The van der Waals surface area contributed by atoms with Gasteiger partial charge in [-0.3, -0.25) is 0 Å². The van der Waals surface area contributed by atoms with E-state index >= 15 is 0 Å². The number of halogens is 15. The number of para-hydroxylation sites is 1. The summed E-state index contributed by atoms with van der Waals surface area (Å²) in [5.41, 5.74) is -6.65. The highest BCUT2D eigenvalue weighted by molar-refractivity contribution is 7.85. The van der Waals surface area contributed by atoms with Gasteiger partial charge in [-0.15, -0.1) is 16.4 Å². The standard InChI is InChI=1S/C24H20NP.C18HBF15.C6H6/c1-5-13-21(14-6-1)25-26(22-15-7-2-8-16-22,23-17-9-3-10-18-23)24-19-11-4-12-20-24;20-4-1(5(21)11(27)16(32)10(4)26)19(2-6(22)12(28)17(33)13(29)7(2)23)3-8(24)14(30)18(34)15(31)9(3)25;1-2-4-6-5-3-1/h1-20H;19H;1-6H/q;-1;/p+1. The zero-order valence-corrected chi connectivity index (χ0v) is 34.2. The molecule has 8 aromatic rings. The lowest BCUT2D eigenvalue weighted by Gasteiger charge is -2.30. The Balaban J connectivity index is 0.000000198. The molecule has 0 spiro atoms. The molecule has 0 saturated heterocycles. The second-order valence-corrected chi connectivity index (χ2v) is 17.1. The molecule has 1 N–H and O–H groups in total. The third-order valence-electron chi connectivity index (χ3n) is 10.1. The molecule has 0 unspecified atom stereocenters. The highest BCUT2D eigenvalue weighted by Gasteiger charge is 2.38. The van der Waals surface area contributed by atoms with Gasteiger partial charge in [0.1, 0.15) is 34.9 Å². The zero-order valence-electron chi connectivity index (χ0n) is 33.3. The zero-order chi connectivity index (χ0) is 47.9. The molecule has 338 valence electrons. The van der Waals surface area contributed by atoms with E-state index in [0.29, 0.717) is 0 Å². The first-order chi connectivity index (χ1) is 31.6. The molecule has 1 nitrogen and oxygen atoms in total. The minimum Gasteiger partial charge on any atom is -0.224 e. The summed E-state index contributed by atoms with van der Waals surface area (Å²) in [5, 5.41) is 3.96. The van der Waals surface area contributed by atoms with Gasteiger partial charge in [-0.1, -0.05) is 109 Å². The first-order valence-electron chi connectivity index (χ1n) is 19.2. The summed E-state index contributed by atoms with van der Waals surface area (Å²) in [6, 6.07) is 54.9. The van der Waals surface area contributed by atoms with E-state index < -0.39 is 117 Å². The molecule has 0 aromatic heterocycles. The average molecular weight is 946 g/mol. The topological polar surface area (TPSA) is 14.0 Å². The minimum atomic E-state index is -5.16. The van der Waals surface area contributed by atoms with Crippen LogP contribution in [0, 0.1) is 87.3 Å². The van der Waals surface area contributed by atoms with E-state index in [1.807, 2.05) is 36.4 Å². The number of rotatable bonds is 7.